The van der Waals surface area contributed by atoms with Crippen LogP contribution >= 0.6 is 11.6 Å². The Hall–Kier alpha value is -1.34. The van der Waals surface area contributed by atoms with Gasteiger partial charge in [-0.1, -0.05) is 11.6 Å². The molecular weight excluding hydrogens is 379 g/mol. The molecule has 0 N–H and O–H groups in total. The molecule has 5 nitrogen and oxygen atoms in total. The Balaban J connectivity index is 2.19. The van der Waals surface area contributed by atoms with Crippen LogP contribution in [0.5, 0.6) is 0 Å². The summed E-state index contributed by atoms with van der Waals surface area (Å²) in [4.78, 5) is 1.41. The predicted molar refractivity (Wildman–Crippen MR) is 86.4 cm³/mol. The molecule has 25 heavy (non-hydrogen) atoms. The maximum absolute atomic E-state index is 12.9. The Bertz CT molecular complexity index is 769. The van der Waals surface area contributed by atoms with Crippen LogP contribution in [0.2, 0.25) is 5.02 Å². The average molecular weight is 396 g/mol. The Labute approximate surface area is 149 Å². The quantitative estimate of drug-likeness (QED) is 0.786. The van der Waals surface area contributed by atoms with Crippen LogP contribution in [0.3, 0.4) is 0 Å². The Morgan fingerprint density at radius 3 is 2.40 bits per heavy atom. The average Bonchev–Trinajstić information content (AvgIpc) is 2.54. The summed E-state index contributed by atoms with van der Waals surface area (Å²) in [6.07, 6.45) is -4.65. The summed E-state index contributed by atoms with van der Waals surface area (Å²) in [5, 5.41) is 8.59. The van der Waals surface area contributed by atoms with Crippen molar-refractivity contribution < 1.29 is 21.6 Å². The van der Waals surface area contributed by atoms with E-state index in [0.29, 0.717) is 25.7 Å². The summed E-state index contributed by atoms with van der Waals surface area (Å²) in [5.41, 5.74) is -1.06. The highest BCUT2D eigenvalue weighted by molar-refractivity contribution is 7.89. The van der Waals surface area contributed by atoms with Crippen LogP contribution in [0.4, 0.5) is 13.2 Å². The van der Waals surface area contributed by atoms with Crippen molar-refractivity contribution in [3.63, 3.8) is 0 Å². The molecule has 138 valence electrons. The van der Waals surface area contributed by atoms with E-state index in [1.807, 2.05) is 4.90 Å². The molecule has 1 aliphatic rings. The standard InChI is InChI=1S/C15H17ClF3N3O2S/c1-11(9-20)10-21-4-6-22(7-5-21)25(23,24)14-8-12(15(17,18)19)2-3-13(14)16/h2-3,8,11H,4-7,10H2,1H3/t11-/m0/s1. The van der Waals surface area contributed by atoms with Crippen molar-refractivity contribution in [1.82, 2.24) is 9.21 Å². The second kappa shape index (κ2) is 7.50. The third-order valence-electron chi connectivity index (χ3n) is 3.96. The van der Waals surface area contributed by atoms with Crippen LogP contribution in [0, 0.1) is 17.2 Å². The summed E-state index contributed by atoms with van der Waals surface area (Å²) in [6.45, 7) is 3.37. The topological polar surface area (TPSA) is 64.4 Å². The van der Waals surface area contributed by atoms with Crippen molar-refractivity contribution >= 4 is 21.6 Å². The molecule has 2 rings (SSSR count). The number of halogens is 4. The van der Waals surface area contributed by atoms with Gasteiger partial charge in [-0.05, 0) is 25.1 Å². The number of alkyl halides is 3. The van der Waals surface area contributed by atoms with Crippen molar-refractivity contribution in [2.45, 2.75) is 18.0 Å². The van der Waals surface area contributed by atoms with Gasteiger partial charge in [0.15, 0.2) is 0 Å². The zero-order chi connectivity index (χ0) is 18.8. The number of benzene rings is 1. The van der Waals surface area contributed by atoms with E-state index in [1.165, 1.54) is 0 Å². The first-order chi connectivity index (χ1) is 11.6. The summed E-state index contributed by atoms with van der Waals surface area (Å²) in [6, 6.07) is 4.38. The van der Waals surface area contributed by atoms with Crippen LogP contribution in [-0.4, -0.2) is 50.3 Å². The summed E-state index contributed by atoms with van der Waals surface area (Å²) < 4.78 is 65.0. The normalized spacial score (nSPS) is 18.7. The number of nitriles is 1. The van der Waals surface area contributed by atoms with Gasteiger partial charge >= 0.3 is 6.18 Å². The van der Waals surface area contributed by atoms with Gasteiger partial charge in [0.05, 0.1) is 22.6 Å². The molecule has 0 saturated carbocycles. The fraction of sp³-hybridized carbons (Fsp3) is 0.533. The predicted octanol–water partition coefficient (Wildman–Crippen LogP) is 2.82. The maximum atomic E-state index is 12.9. The third kappa shape index (κ3) is 4.64. The first-order valence-electron chi connectivity index (χ1n) is 7.54. The number of nitrogens with zero attached hydrogens (tertiary/aromatic N) is 3. The smallest absolute Gasteiger partial charge is 0.299 e. The van der Waals surface area contributed by atoms with Crippen LogP contribution in [-0.2, 0) is 16.2 Å². The highest BCUT2D eigenvalue weighted by Crippen LogP contribution is 2.34. The largest absolute Gasteiger partial charge is 0.416 e. The van der Waals surface area contributed by atoms with Gasteiger partial charge in [-0.15, -0.1) is 0 Å². The second-order valence-corrected chi connectivity index (χ2v) is 8.19. The van der Waals surface area contributed by atoms with E-state index in [2.05, 4.69) is 6.07 Å². The van der Waals surface area contributed by atoms with Gasteiger partial charge in [-0.25, -0.2) is 8.42 Å². The molecule has 1 aliphatic heterocycles. The van der Waals surface area contributed by atoms with E-state index in [4.69, 9.17) is 16.9 Å². The van der Waals surface area contributed by atoms with Crippen molar-refractivity contribution in [3.8, 4) is 6.07 Å². The number of piperazine rings is 1. The van der Waals surface area contributed by atoms with E-state index >= 15 is 0 Å². The minimum atomic E-state index is -4.65. The van der Waals surface area contributed by atoms with Gasteiger partial charge in [-0.2, -0.15) is 22.7 Å². The molecule has 0 bridgehead atoms. The van der Waals surface area contributed by atoms with E-state index in [-0.39, 0.29) is 24.0 Å². The van der Waals surface area contributed by atoms with Gasteiger partial charge in [0.2, 0.25) is 10.0 Å². The molecule has 1 saturated heterocycles. The highest BCUT2D eigenvalue weighted by atomic mass is 35.5. The van der Waals surface area contributed by atoms with E-state index in [1.54, 1.807) is 6.92 Å². The van der Waals surface area contributed by atoms with Gasteiger partial charge in [-0.3, -0.25) is 4.90 Å². The van der Waals surface area contributed by atoms with Gasteiger partial charge < -0.3 is 0 Å². The Kier molecular flexibility index (Phi) is 5.99. The number of sulfonamides is 1. The molecule has 0 unspecified atom stereocenters. The Morgan fingerprint density at radius 1 is 1.28 bits per heavy atom. The summed E-state index contributed by atoms with van der Waals surface area (Å²) in [5.74, 6) is -0.180. The lowest BCUT2D eigenvalue weighted by Crippen LogP contribution is -2.49. The Morgan fingerprint density at radius 2 is 1.88 bits per heavy atom. The van der Waals surface area contributed by atoms with Crippen molar-refractivity contribution in [1.29, 1.82) is 5.26 Å². The van der Waals surface area contributed by atoms with E-state index in [0.717, 1.165) is 16.4 Å². The zero-order valence-electron chi connectivity index (χ0n) is 13.4. The van der Waals surface area contributed by atoms with Crippen LogP contribution in [0.1, 0.15) is 12.5 Å². The van der Waals surface area contributed by atoms with E-state index < -0.39 is 26.7 Å². The first-order valence-corrected chi connectivity index (χ1v) is 9.36. The minimum Gasteiger partial charge on any atom is -0.299 e. The minimum absolute atomic E-state index is 0.132. The lowest BCUT2D eigenvalue weighted by molar-refractivity contribution is -0.137. The molecule has 1 aromatic rings. The second-order valence-electron chi connectivity index (χ2n) is 5.88. The van der Waals surface area contributed by atoms with E-state index in [9.17, 15) is 21.6 Å². The van der Waals surface area contributed by atoms with Crippen molar-refractivity contribution in [2.24, 2.45) is 5.92 Å². The number of rotatable bonds is 4. The van der Waals surface area contributed by atoms with Crippen LogP contribution < -0.4 is 0 Å². The molecule has 0 spiro atoms. The van der Waals surface area contributed by atoms with Gasteiger partial charge in [0, 0.05) is 32.7 Å². The van der Waals surface area contributed by atoms with Crippen molar-refractivity contribution in [3.05, 3.63) is 28.8 Å². The molecule has 1 heterocycles. The molecule has 0 radical (unpaired) electrons. The third-order valence-corrected chi connectivity index (χ3v) is 6.34. The summed E-state index contributed by atoms with van der Waals surface area (Å²) >= 11 is 5.85. The zero-order valence-corrected chi connectivity index (χ0v) is 15.0. The molecule has 1 fully saturated rings. The van der Waals surface area contributed by atoms with Crippen LogP contribution in [0.15, 0.2) is 23.1 Å². The molecular formula is C15H17ClF3N3O2S. The first kappa shape index (κ1) is 20.0. The fourth-order valence-corrected chi connectivity index (χ4v) is 4.52. The van der Waals surface area contributed by atoms with Gasteiger partial charge in [0.1, 0.15) is 4.90 Å². The summed E-state index contributed by atoms with van der Waals surface area (Å²) in [7, 11) is -4.12. The fourth-order valence-electron chi connectivity index (χ4n) is 2.60. The lowest BCUT2D eigenvalue weighted by atomic mass is 10.2. The van der Waals surface area contributed by atoms with Crippen molar-refractivity contribution in [2.75, 3.05) is 32.7 Å². The lowest BCUT2D eigenvalue weighted by Gasteiger charge is -2.34. The molecule has 0 aromatic heterocycles. The van der Waals surface area contributed by atoms with Gasteiger partial charge in [0.25, 0.3) is 0 Å². The molecule has 0 amide bonds. The highest BCUT2D eigenvalue weighted by Gasteiger charge is 2.35. The molecule has 1 atom stereocenters. The molecule has 1 aromatic carbocycles. The molecule has 10 heteroatoms. The number of hydrogen-bond donors (Lipinski definition) is 0. The molecule has 0 aliphatic carbocycles. The SMILES string of the molecule is C[C@@H](C#N)CN1CCN(S(=O)(=O)c2cc(C(F)(F)F)ccc2Cl)CC1. The maximum Gasteiger partial charge on any atom is 0.416 e. The monoisotopic (exact) mass is 395 g/mol. The number of hydrogen-bond acceptors (Lipinski definition) is 4. The van der Waals surface area contributed by atoms with Crippen LogP contribution in [0.25, 0.3) is 0 Å².